The number of primary sulfonamides is 1. The van der Waals surface area contributed by atoms with Crippen LogP contribution in [0, 0.1) is 4.78 Å². The Morgan fingerprint density at radius 2 is 1.04 bits per heavy atom. The van der Waals surface area contributed by atoms with Crippen LogP contribution in [-0.2, 0) is 37.4 Å². The van der Waals surface area contributed by atoms with Gasteiger partial charge in [0.2, 0.25) is 10.0 Å². The second kappa shape index (κ2) is 16.5. The van der Waals surface area contributed by atoms with Gasteiger partial charge in [-0.05, 0) is 41.1 Å². The molecular formula is C32H22CrN6NaO8S2. The molecule has 1 atom stereocenters. The predicted molar refractivity (Wildman–Crippen MR) is 170 cm³/mol. The van der Waals surface area contributed by atoms with Crippen molar-refractivity contribution in [2.24, 2.45) is 25.6 Å². The zero-order valence-electron chi connectivity index (χ0n) is 25.8. The Hall–Kier alpha value is -4.41. The van der Waals surface area contributed by atoms with Crippen molar-refractivity contribution in [2.45, 2.75) is 9.79 Å². The number of rotatable bonds is 6. The van der Waals surface area contributed by atoms with E-state index in [0.717, 1.165) is 47.2 Å². The predicted octanol–water partition coefficient (Wildman–Crippen LogP) is 2.62. The average Bonchev–Trinajstić information content (AvgIpc) is 3.04. The maximum Gasteiger partial charge on any atom is 3.00 e. The van der Waals surface area contributed by atoms with Crippen LogP contribution in [0.4, 0.5) is 22.7 Å². The normalized spacial score (nSPS) is 12.5. The Balaban J connectivity index is 0.000000260. The van der Waals surface area contributed by atoms with Crippen LogP contribution in [0.2, 0.25) is 0 Å². The number of phenols is 1. The van der Waals surface area contributed by atoms with E-state index in [2.05, 4.69) is 20.5 Å². The van der Waals surface area contributed by atoms with Gasteiger partial charge in [-0.2, -0.15) is 15.3 Å². The summed E-state index contributed by atoms with van der Waals surface area (Å²) >= 11 is 0. The molecule has 6 aromatic rings. The molecule has 0 fully saturated rings. The minimum Gasteiger partial charge on any atom is -0.871 e. The molecule has 0 heterocycles. The minimum atomic E-state index is -4.22. The molecule has 1 radical (unpaired) electrons. The Morgan fingerprint density at radius 3 is 1.58 bits per heavy atom. The first-order valence-corrected chi connectivity index (χ1v) is 16.6. The fourth-order valence-electron chi connectivity index (χ4n) is 4.39. The molecule has 0 aromatic heterocycles. The molecule has 14 nitrogen and oxygen atoms in total. The summed E-state index contributed by atoms with van der Waals surface area (Å²) in [5.74, 6) is -1.54. The molecule has 0 bridgehead atoms. The number of azo groups is 2. The largest absolute Gasteiger partial charge is 3.00 e. The van der Waals surface area contributed by atoms with Crippen molar-refractivity contribution in [2.75, 3.05) is 0 Å². The maximum absolute atomic E-state index is 12.0. The van der Waals surface area contributed by atoms with Gasteiger partial charge in [0, 0.05) is 25.7 Å². The van der Waals surface area contributed by atoms with Crippen LogP contribution in [0.5, 0.6) is 23.0 Å². The molecule has 6 rings (SSSR count). The number of nitrogens with zero attached hydrogens (tertiary/aromatic N) is 4. The van der Waals surface area contributed by atoms with Crippen molar-refractivity contribution in [3.8, 4) is 23.0 Å². The summed E-state index contributed by atoms with van der Waals surface area (Å²) in [5.41, 5.74) is -0.190. The van der Waals surface area contributed by atoms with Crippen molar-refractivity contribution in [3.05, 3.63) is 109 Å². The summed E-state index contributed by atoms with van der Waals surface area (Å²) in [6.07, 6.45) is 0. The van der Waals surface area contributed by atoms with Crippen LogP contribution >= 0.6 is 0 Å². The molecule has 0 saturated carbocycles. The molecule has 1 unspecified atom stereocenters. The fourth-order valence-corrected chi connectivity index (χ4v) is 5.44. The number of fused-ring (bicyclic) bond motifs is 2. The molecule has 50 heavy (non-hydrogen) atoms. The van der Waals surface area contributed by atoms with E-state index in [-0.39, 0.29) is 91.0 Å². The second-order valence-electron chi connectivity index (χ2n) is 10.00. The monoisotopic (exact) mass is 757 g/mol. The van der Waals surface area contributed by atoms with E-state index in [4.69, 9.17) is 9.92 Å². The van der Waals surface area contributed by atoms with E-state index in [0.29, 0.717) is 10.8 Å². The van der Waals surface area contributed by atoms with Crippen LogP contribution in [0.1, 0.15) is 0 Å². The topological polar surface area (TPSA) is 263 Å². The van der Waals surface area contributed by atoms with Crippen LogP contribution in [0.25, 0.3) is 21.5 Å². The number of sulfonamides is 1. The second-order valence-corrected chi connectivity index (χ2v) is 13.0. The number of hydrogen-bond donors (Lipinski definition) is 3. The standard InChI is InChI=1S/2C16H13N3O4S.Cr.Na/c2*17-24(22,23)11-6-8-14(20)13(9-11)18-19-16-12-4-2-1-3-10(12)5-7-15(16)21;;/h2*1-9,20-21H,(H2,17,22,23);;/q;;+3;+1/p-4. The number of phenolic OH excluding ortho intramolecular Hbond substituents is 1. The van der Waals surface area contributed by atoms with E-state index >= 15 is 0 Å². The van der Waals surface area contributed by atoms with E-state index in [1.54, 1.807) is 42.5 Å². The Labute approximate surface area is 319 Å². The molecule has 247 valence electrons. The van der Waals surface area contributed by atoms with Crippen molar-refractivity contribution >= 4 is 64.3 Å². The summed E-state index contributed by atoms with van der Waals surface area (Å²) < 4.78 is 52.2. The third-order valence-electron chi connectivity index (χ3n) is 6.76. The SMILES string of the molecule is N=S(=O)([O-])c1ccc([O-])c(N=Nc2c([O-])ccc3ccccc23)c1.NS(=O)(=O)c1ccc([O-])c(N=Nc2c(O)ccc3ccccc23)c1.[Cr+3].[Na+]. The van der Waals surface area contributed by atoms with E-state index in [1.807, 2.05) is 18.2 Å². The third kappa shape index (κ3) is 9.43. The molecule has 0 aliphatic rings. The third-order valence-corrected chi connectivity index (χ3v) is 8.54. The number of benzene rings is 6. The van der Waals surface area contributed by atoms with Gasteiger partial charge < -0.3 is 25.0 Å². The van der Waals surface area contributed by atoms with Crippen LogP contribution in [-0.4, -0.2) is 22.3 Å². The zero-order valence-corrected chi connectivity index (χ0v) is 30.7. The first-order chi connectivity index (χ1) is 22.7. The fraction of sp³-hybridized carbons (Fsp3) is 0. The number of aromatic hydroxyl groups is 1. The van der Waals surface area contributed by atoms with Gasteiger partial charge in [-0.25, -0.2) is 13.6 Å². The summed E-state index contributed by atoms with van der Waals surface area (Å²) in [6, 6.07) is 26.7. The Bertz CT molecular complexity index is 2310. The Kier molecular flexibility index (Phi) is 13.2. The molecule has 18 heteroatoms. The number of hydrogen-bond acceptors (Lipinski definition) is 13. The molecular weight excluding hydrogens is 736 g/mol. The Morgan fingerprint density at radius 1 is 0.600 bits per heavy atom. The summed E-state index contributed by atoms with van der Waals surface area (Å²) in [4.78, 5) is -0.602. The molecule has 6 aromatic carbocycles. The van der Waals surface area contributed by atoms with E-state index in [1.165, 1.54) is 12.1 Å². The smallest absolute Gasteiger partial charge is 0.871 e. The van der Waals surface area contributed by atoms with Crippen molar-refractivity contribution in [1.82, 2.24) is 0 Å². The first-order valence-electron chi connectivity index (χ1n) is 13.6. The molecule has 0 aliphatic carbocycles. The van der Waals surface area contributed by atoms with Gasteiger partial charge in [0.15, 0.2) is 0 Å². The average molecular weight is 758 g/mol. The van der Waals surface area contributed by atoms with Crippen LogP contribution in [0.15, 0.2) is 139 Å². The molecule has 0 amide bonds. The minimum absolute atomic E-state index is 0. The molecule has 0 saturated heterocycles. The van der Waals surface area contributed by atoms with Crippen molar-refractivity contribution < 1.29 is 84.5 Å². The zero-order chi connectivity index (χ0) is 34.6. The van der Waals surface area contributed by atoms with E-state index < -0.39 is 31.5 Å². The number of nitrogens with one attached hydrogen (secondary N) is 1. The maximum atomic E-state index is 12.0. The van der Waals surface area contributed by atoms with Crippen molar-refractivity contribution in [1.29, 1.82) is 4.78 Å². The quantitative estimate of drug-likeness (QED) is 0.168. The summed E-state index contributed by atoms with van der Waals surface area (Å²) in [6.45, 7) is 0. The van der Waals surface area contributed by atoms with Crippen LogP contribution < -0.4 is 50.0 Å². The van der Waals surface area contributed by atoms with Crippen molar-refractivity contribution in [3.63, 3.8) is 0 Å². The summed E-state index contributed by atoms with van der Waals surface area (Å²) in [5, 5.41) is 68.8. The van der Waals surface area contributed by atoms with Gasteiger partial charge in [-0.15, -0.1) is 5.11 Å². The van der Waals surface area contributed by atoms with Gasteiger partial charge in [0.1, 0.15) is 11.4 Å². The van der Waals surface area contributed by atoms with Gasteiger partial charge in [0.05, 0.1) is 22.0 Å². The molecule has 0 spiro atoms. The van der Waals surface area contributed by atoms with E-state index in [9.17, 15) is 37.6 Å². The number of nitrogens with two attached hydrogens (primary N) is 1. The first kappa shape index (κ1) is 40.0. The molecule has 4 N–H and O–H groups in total. The van der Waals surface area contributed by atoms with Crippen LogP contribution in [0.3, 0.4) is 0 Å². The van der Waals surface area contributed by atoms with Gasteiger partial charge in [-0.3, -0.25) is 8.99 Å². The van der Waals surface area contributed by atoms with Gasteiger partial charge in [-0.1, -0.05) is 96.1 Å². The van der Waals surface area contributed by atoms with Gasteiger partial charge >= 0.3 is 46.9 Å². The molecule has 0 aliphatic heterocycles. The summed E-state index contributed by atoms with van der Waals surface area (Å²) in [7, 11) is -8.18. The van der Waals surface area contributed by atoms with Gasteiger partial charge in [0.25, 0.3) is 0 Å².